The van der Waals surface area contributed by atoms with Gasteiger partial charge < -0.3 is 5.73 Å². The van der Waals surface area contributed by atoms with Crippen molar-refractivity contribution in [2.24, 2.45) is 0 Å². The van der Waals surface area contributed by atoms with Crippen molar-refractivity contribution < 1.29 is 21.6 Å². The first-order valence-electron chi connectivity index (χ1n) is 4.48. The molecule has 102 valence electrons. The average Bonchev–Trinajstić information content (AvgIpc) is 2.19. The Labute approximate surface area is 110 Å². The second-order valence-electron chi connectivity index (χ2n) is 3.28. The molecule has 0 bridgehead atoms. The van der Waals surface area contributed by atoms with E-state index in [4.69, 9.17) is 5.73 Å². The van der Waals surface area contributed by atoms with E-state index >= 15 is 0 Å². The van der Waals surface area contributed by atoms with Gasteiger partial charge in [-0.25, -0.2) is 0 Å². The number of hydrogen-bond acceptors (Lipinski definition) is 3. The van der Waals surface area contributed by atoms with Crippen LogP contribution in [-0.2, 0) is 10.2 Å². The summed E-state index contributed by atoms with van der Waals surface area (Å²) >= 11 is 3.03. The summed E-state index contributed by atoms with van der Waals surface area (Å²) in [4.78, 5) is 0. The third kappa shape index (κ3) is 5.10. The predicted molar refractivity (Wildman–Crippen MR) is 65.2 cm³/mol. The molecule has 0 aliphatic heterocycles. The van der Waals surface area contributed by atoms with E-state index in [1.165, 1.54) is 22.9 Å². The Bertz CT molecular complexity index is 533. The maximum atomic E-state index is 11.9. The van der Waals surface area contributed by atoms with Crippen molar-refractivity contribution in [3.63, 3.8) is 0 Å². The predicted octanol–water partition coefficient (Wildman–Crippen LogP) is 1.84. The number of nitrogens with one attached hydrogen (secondary N) is 2. The minimum absolute atomic E-state index is 0.0823. The zero-order valence-electron chi connectivity index (χ0n) is 8.75. The van der Waals surface area contributed by atoms with Crippen molar-refractivity contribution >= 4 is 37.5 Å². The quantitative estimate of drug-likeness (QED) is 0.726. The molecular formula is C8H9BrF3N3O2S. The van der Waals surface area contributed by atoms with Gasteiger partial charge in [0.1, 0.15) is 6.54 Å². The summed E-state index contributed by atoms with van der Waals surface area (Å²) in [6.07, 6.45) is -4.62. The van der Waals surface area contributed by atoms with E-state index in [9.17, 15) is 21.6 Å². The summed E-state index contributed by atoms with van der Waals surface area (Å²) in [5, 5.41) is 0. The lowest BCUT2D eigenvalue weighted by Crippen LogP contribution is -2.37. The topological polar surface area (TPSA) is 84.2 Å². The van der Waals surface area contributed by atoms with Crippen LogP contribution in [0.15, 0.2) is 22.7 Å². The molecule has 0 spiro atoms. The molecule has 1 aromatic carbocycles. The molecule has 0 amide bonds. The van der Waals surface area contributed by atoms with Crippen LogP contribution in [-0.4, -0.2) is 21.1 Å². The first-order chi connectivity index (χ1) is 8.09. The molecule has 0 aromatic heterocycles. The van der Waals surface area contributed by atoms with Gasteiger partial charge in [0.05, 0.1) is 5.69 Å². The molecule has 18 heavy (non-hydrogen) atoms. The number of hydrogen-bond donors (Lipinski definition) is 3. The van der Waals surface area contributed by atoms with Crippen LogP contribution in [0.1, 0.15) is 0 Å². The molecule has 10 heteroatoms. The lowest BCUT2D eigenvalue weighted by Gasteiger charge is -2.12. The highest BCUT2D eigenvalue weighted by Crippen LogP contribution is 2.25. The molecule has 1 aromatic rings. The van der Waals surface area contributed by atoms with Crippen molar-refractivity contribution in [2.45, 2.75) is 6.18 Å². The van der Waals surface area contributed by atoms with E-state index in [0.29, 0.717) is 10.2 Å². The van der Waals surface area contributed by atoms with Gasteiger partial charge in [-0.1, -0.05) is 0 Å². The molecule has 0 radical (unpaired) electrons. The second-order valence-corrected chi connectivity index (χ2v) is 5.64. The minimum Gasteiger partial charge on any atom is -0.399 e. The Morgan fingerprint density at radius 3 is 2.44 bits per heavy atom. The average molecular weight is 348 g/mol. The van der Waals surface area contributed by atoms with Crippen molar-refractivity contribution in [1.29, 1.82) is 0 Å². The van der Waals surface area contributed by atoms with Crippen molar-refractivity contribution in [2.75, 3.05) is 17.0 Å². The van der Waals surface area contributed by atoms with Crippen molar-refractivity contribution in [3.05, 3.63) is 22.7 Å². The summed E-state index contributed by atoms with van der Waals surface area (Å²) in [5.41, 5.74) is 5.90. The zero-order valence-corrected chi connectivity index (χ0v) is 11.2. The fraction of sp³-hybridized carbons (Fsp3) is 0.250. The van der Waals surface area contributed by atoms with Gasteiger partial charge in [-0.15, -0.1) is 0 Å². The Kier molecular flexibility index (Phi) is 4.46. The van der Waals surface area contributed by atoms with Gasteiger partial charge in [-0.3, -0.25) is 4.72 Å². The fourth-order valence-corrected chi connectivity index (χ4v) is 2.49. The van der Waals surface area contributed by atoms with Crippen molar-refractivity contribution in [1.82, 2.24) is 4.72 Å². The molecule has 0 aliphatic rings. The molecular weight excluding hydrogens is 339 g/mol. The highest BCUT2D eigenvalue weighted by atomic mass is 79.9. The standard InChI is InChI=1S/C8H9BrF3N3O2S/c9-6-3-5(13)1-2-7(6)15-18(16,17)14-4-8(10,11)12/h1-3,14-15H,4,13H2. The highest BCUT2D eigenvalue weighted by Gasteiger charge is 2.29. The van der Waals surface area contributed by atoms with Crippen LogP contribution >= 0.6 is 15.9 Å². The van der Waals surface area contributed by atoms with Crippen LogP contribution in [0, 0.1) is 0 Å². The number of halogens is 4. The smallest absolute Gasteiger partial charge is 0.399 e. The van der Waals surface area contributed by atoms with E-state index < -0.39 is 22.9 Å². The number of benzene rings is 1. The Hall–Kier alpha value is -1.00. The van der Waals surface area contributed by atoms with E-state index in [-0.39, 0.29) is 5.69 Å². The number of nitrogens with two attached hydrogens (primary N) is 1. The molecule has 0 unspecified atom stereocenters. The number of rotatable bonds is 4. The minimum atomic E-state index is -4.62. The first-order valence-corrected chi connectivity index (χ1v) is 6.76. The van der Waals surface area contributed by atoms with Gasteiger partial charge in [0.25, 0.3) is 10.2 Å². The van der Waals surface area contributed by atoms with Gasteiger partial charge >= 0.3 is 6.18 Å². The fourth-order valence-electron chi connectivity index (χ4n) is 0.972. The Morgan fingerprint density at radius 1 is 1.33 bits per heavy atom. The summed E-state index contributed by atoms with van der Waals surface area (Å²) in [5.74, 6) is 0. The number of nitrogen functional groups attached to an aromatic ring is 1. The largest absolute Gasteiger partial charge is 0.402 e. The van der Waals surface area contributed by atoms with Crippen LogP contribution in [0.5, 0.6) is 0 Å². The normalized spacial score (nSPS) is 12.4. The van der Waals surface area contributed by atoms with Crippen LogP contribution in [0.25, 0.3) is 0 Å². The van der Waals surface area contributed by atoms with Crippen LogP contribution in [0.3, 0.4) is 0 Å². The van der Waals surface area contributed by atoms with Crippen molar-refractivity contribution in [3.8, 4) is 0 Å². The van der Waals surface area contributed by atoms with Crippen LogP contribution in [0.4, 0.5) is 24.5 Å². The molecule has 0 saturated carbocycles. The maximum absolute atomic E-state index is 11.9. The highest BCUT2D eigenvalue weighted by molar-refractivity contribution is 9.10. The summed E-state index contributed by atoms with van der Waals surface area (Å²) in [6.45, 7) is -1.64. The molecule has 5 nitrogen and oxygen atoms in total. The third-order valence-corrected chi connectivity index (χ3v) is 3.37. The third-order valence-electron chi connectivity index (χ3n) is 1.70. The Morgan fingerprint density at radius 2 is 1.94 bits per heavy atom. The Balaban J connectivity index is 2.77. The van der Waals surface area contributed by atoms with Gasteiger partial charge in [0.15, 0.2) is 0 Å². The summed E-state index contributed by atoms with van der Waals surface area (Å²) < 4.78 is 61.9. The second kappa shape index (κ2) is 5.33. The van der Waals surface area contributed by atoms with Crippen LogP contribution in [0.2, 0.25) is 0 Å². The first kappa shape index (κ1) is 15.1. The van der Waals surface area contributed by atoms with E-state index in [0.717, 1.165) is 0 Å². The molecule has 4 N–H and O–H groups in total. The van der Waals surface area contributed by atoms with E-state index in [1.807, 2.05) is 4.72 Å². The number of anilines is 2. The molecule has 1 rings (SSSR count). The summed E-state index contributed by atoms with van der Waals surface area (Å²) in [7, 11) is -4.29. The monoisotopic (exact) mass is 347 g/mol. The number of alkyl halides is 3. The lowest BCUT2D eigenvalue weighted by molar-refractivity contribution is -0.121. The van der Waals surface area contributed by atoms with E-state index in [1.54, 1.807) is 0 Å². The SMILES string of the molecule is Nc1ccc(NS(=O)(=O)NCC(F)(F)F)c(Br)c1. The molecule has 0 atom stereocenters. The van der Waals surface area contributed by atoms with Gasteiger partial charge in [0.2, 0.25) is 0 Å². The van der Waals surface area contributed by atoms with Gasteiger partial charge in [-0.2, -0.15) is 26.3 Å². The van der Waals surface area contributed by atoms with Crippen LogP contribution < -0.4 is 15.2 Å². The lowest BCUT2D eigenvalue weighted by atomic mass is 10.3. The maximum Gasteiger partial charge on any atom is 0.402 e. The molecule has 0 heterocycles. The van der Waals surface area contributed by atoms with Gasteiger partial charge in [0, 0.05) is 10.2 Å². The molecule has 0 aliphatic carbocycles. The molecule has 0 fully saturated rings. The zero-order chi connectivity index (χ0) is 14.0. The summed E-state index contributed by atoms with van der Waals surface area (Å²) in [6, 6.07) is 4.15. The molecule has 0 saturated heterocycles. The van der Waals surface area contributed by atoms with Gasteiger partial charge in [-0.05, 0) is 34.1 Å². The van der Waals surface area contributed by atoms with E-state index in [2.05, 4.69) is 15.9 Å².